The Hall–Kier alpha value is -1.68. The number of nitro groups is 1. The maximum atomic E-state index is 11.2. The molecule has 0 heterocycles. The molecule has 0 radical (unpaired) electrons. The molecule has 0 fully saturated rings. The van der Waals surface area contributed by atoms with E-state index in [4.69, 9.17) is 0 Å². The van der Waals surface area contributed by atoms with Gasteiger partial charge >= 0.3 is 0 Å². The Balaban J connectivity index is 2.69. The van der Waals surface area contributed by atoms with Crippen molar-refractivity contribution in [1.29, 1.82) is 0 Å². The summed E-state index contributed by atoms with van der Waals surface area (Å²) in [4.78, 5) is 10.9. The highest BCUT2D eigenvalue weighted by molar-refractivity contribution is 9.10. The summed E-state index contributed by atoms with van der Waals surface area (Å²) >= 11 is 3.36. The fourth-order valence-corrected chi connectivity index (χ4v) is 2.32. The highest BCUT2D eigenvalue weighted by Gasteiger charge is 2.18. The van der Waals surface area contributed by atoms with Gasteiger partial charge in [-0.05, 0) is 49.2 Å². The monoisotopic (exact) mass is 305 g/mol. The lowest BCUT2D eigenvalue weighted by Gasteiger charge is -2.07. The number of hydrogen-bond acceptors (Lipinski definition) is 2. The van der Waals surface area contributed by atoms with Crippen molar-refractivity contribution in [1.82, 2.24) is 0 Å². The van der Waals surface area contributed by atoms with Crippen LogP contribution in [0.4, 0.5) is 5.69 Å². The molecule has 0 bridgehead atoms. The SMILES string of the molecule is Cc1cc(C)c([N+](=O)[O-])c(-c2ccc(Br)cc2)c1. The van der Waals surface area contributed by atoms with Crippen molar-refractivity contribution in [3.63, 3.8) is 0 Å². The molecule has 4 heteroatoms. The Morgan fingerprint density at radius 1 is 1.11 bits per heavy atom. The maximum Gasteiger partial charge on any atom is 0.280 e. The summed E-state index contributed by atoms with van der Waals surface area (Å²) in [5, 5.41) is 11.2. The summed E-state index contributed by atoms with van der Waals surface area (Å²) < 4.78 is 0.957. The lowest BCUT2D eigenvalue weighted by atomic mass is 9.98. The second kappa shape index (κ2) is 4.90. The third-order valence-electron chi connectivity index (χ3n) is 2.78. The molecule has 3 nitrogen and oxygen atoms in total. The van der Waals surface area contributed by atoms with E-state index in [2.05, 4.69) is 15.9 Å². The van der Waals surface area contributed by atoms with Gasteiger partial charge in [-0.1, -0.05) is 28.1 Å². The molecule has 0 amide bonds. The van der Waals surface area contributed by atoms with E-state index in [0.29, 0.717) is 11.1 Å². The minimum atomic E-state index is -0.313. The number of aryl methyl sites for hydroxylation is 2. The van der Waals surface area contributed by atoms with Crippen molar-refractivity contribution >= 4 is 21.6 Å². The molecule has 0 saturated heterocycles. The summed E-state index contributed by atoms with van der Waals surface area (Å²) in [6.45, 7) is 3.71. The summed E-state index contributed by atoms with van der Waals surface area (Å²) in [5.41, 5.74) is 3.43. The van der Waals surface area contributed by atoms with Crippen molar-refractivity contribution in [3.8, 4) is 11.1 Å². The van der Waals surface area contributed by atoms with E-state index in [0.717, 1.165) is 15.6 Å². The van der Waals surface area contributed by atoms with E-state index in [1.54, 1.807) is 6.92 Å². The molecule has 0 saturated carbocycles. The first-order valence-corrected chi connectivity index (χ1v) is 6.30. The van der Waals surface area contributed by atoms with Crippen LogP contribution in [-0.4, -0.2) is 4.92 Å². The Morgan fingerprint density at radius 3 is 2.28 bits per heavy atom. The van der Waals surface area contributed by atoms with Crippen LogP contribution in [0.25, 0.3) is 11.1 Å². The van der Waals surface area contributed by atoms with Gasteiger partial charge in [0, 0.05) is 10.0 Å². The summed E-state index contributed by atoms with van der Waals surface area (Å²) in [6, 6.07) is 11.2. The van der Waals surface area contributed by atoms with Gasteiger partial charge in [0.05, 0.1) is 10.5 Å². The molecule has 92 valence electrons. The predicted molar refractivity (Wildman–Crippen MR) is 75.7 cm³/mol. The van der Waals surface area contributed by atoms with Gasteiger partial charge < -0.3 is 0 Å². The number of nitrogens with zero attached hydrogens (tertiary/aromatic N) is 1. The van der Waals surface area contributed by atoms with Crippen LogP contribution in [0, 0.1) is 24.0 Å². The third-order valence-corrected chi connectivity index (χ3v) is 3.31. The van der Waals surface area contributed by atoms with Gasteiger partial charge in [0.2, 0.25) is 0 Å². The zero-order chi connectivity index (χ0) is 13.3. The zero-order valence-electron chi connectivity index (χ0n) is 10.1. The van der Waals surface area contributed by atoms with Gasteiger partial charge in [0.1, 0.15) is 0 Å². The van der Waals surface area contributed by atoms with Gasteiger partial charge in [0.15, 0.2) is 0 Å². The van der Waals surface area contributed by atoms with Crippen molar-refractivity contribution in [2.24, 2.45) is 0 Å². The van der Waals surface area contributed by atoms with Crippen LogP contribution < -0.4 is 0 Å². The fourth-order valence-electron chi connectivity index (χ4n) is 2.05. The number of hydrogen-bond donors (Lipinski definition) is 0. The smallest absolute Gasteiger partial charge is 0.258 e. The van der Waals surface area contributed by atoms with E-state index < -0.39 is 0 Å². The summed E-state index contributed by atoms with van der Waals surface area (Å²) in [5.74, 6) is 0. The molecule has 0 aromatic heterocycles. The molecule has 0 aliphatic heterocycles. The minimum absolute atomic E-state index is 0.183. The first-order valence-electron chi connectivity index (χ1n) is 5.50. The van der Waals surface area contributed by atoms with E-state index in [9.17, 15) is 10.1 Å². The van der Waals surface area contributed by atoms with Crippen LogP contribution in [-0.2, 0) is 0 Å². The highest BCUT2D eigenvalue weighted by Crippen LogP contribution is 2.34. The minimum Gasteiger partial charge on any atom is -0.258 e. The van der Waals surface area contributed by atoms with E-state index in [1.165, 1.54) is 0 Å². The van der Waals surface area contributed by atoms with Crippen LogP contribution in [0.15, 0.2) is 40.9 Å². The number of nitro benzene ring substituents is 1. The predicted octanol–water partition coefficient (Wildman–Crippen LogP) is 4.64. The Kier molecular flexibility index (Phi) is 3.48. The van der Waals surface area contributed by atoms with Crippen LogP contribution in [0.5, 0.6) is 0 Å². The molecule has 2 aromatic carbocycles. The summed E-state index contributed by atoms with van der Waals surface area (Å²) in [7, 11) is 0. The van der Waals surface area contributed by atoms with E-state index >= 15 is 0 Å². The zero-order valence-corrected chi connectivity index (χ0v) is 11.7. The first kappa shape index (κ1) is 12.8. The molecule has 0 aliphatic rings. The van der Waals surface area contributed by atoms with Crippen LogP contribution >= 0.6 is 15.9 Å². The Labute approximate surface area is 114 Å². The maximum absolute atomic E-state index is 11.2. The van der Waals surface area contributed by atoms with Gasteiger partial charge in [-0.15, -0.1) is 0 Å². The van der Waals surface area contributed by atoms with Gasteiger partial charge in [-0.2, -0.15) is 0 Å². The second-order valence-electron chi connectivity index (χ2n) is 4.24. The Bertz CT molecular complexity index is 606. The molecule has 0 atom stereocenters. The molecule has 18 heavy (non-hydrogen) atoms. The van der Waals surface area contributed by atoms with Gasteiger partial charge in [0.25, 0.3) is 5.69 Å². The number of halogens is 1. The normalized spacial score (nSPS) is 10.4. The van der Waals surface area contributed by atoms with Crippen molar-refractivity contribution in [2.75, 3.05) is 0 Å². The van der Waals surface area contributed by atoms with Crippen LogP contribution in [0.1, 0.15) is 11.1 Å². The second-order valence-corrected chi connectivity index (χ2v) is 5.16. The van der Waals surface area contributed by atoms with Crippen molar-refractivity contribution < 1.29 is 4.92 Å². The van der Waals surface area contributed by atoms with E-state index in [-0.39, 0.29) is 10.6 Å². The van der Waals surface area contributed by atoms with Crippen LogP contribution in [0.2, 0.25) is 0 Å². The average molecular weight is 306 g/mol. The Morgan fingerprint density at radius 2 is 1.72 bits per heavy atom. The third kappa shape index (κ3) is 2.43. The van der Waals surface area contributed by atoms with Crippen molar-refractivity contribution in [3.05, 3.63) is 62.1 Å². The van der Waals surface area contributed by atoms with Gasteiger partial charge in [-0.3, -0.25) is 10.1 Å². The van der Waals surface area contributed by atoms with Crippen LogP contribution in [0.3, 0.4) is 0 Å². The van der Waals surface area contributed by atoms with Crippen molar-refractivity contribution in [2.45, 2.75) is 13.8 Å². The topological polar surface area (TPSA) is 43.1 Å². The molecular weight excluding hydrogens is 294 g/mol. The largest absolute Gasteiger partial charge is 0.280 e. The standard InChI is InChI=1S/C14H12BrNO2/c1-9-7-10(2)14(16(17)18)13(8-9)11-3-5-12(15)6-4-11/h3-8H,1-2H3. The number of rotatable bonds is 2. The number of benzene rings is 2. The first-order chi connectivity index (χ1) is 8.49. The highest BCUT2D eigenvalue weighted by atomic mass is 79.9. The quantitative estimate of drug-likeness (QED) is 0.599. The van der Waals surface area contributed by atoms with E-state index in [1.807, 2.05) is 43.3 Å². The lowest BCUT2D eigenvalue weighted by Crippen LogP contribution is -1.96. The average Bonchev–Trinajstić information content (AvgIpc) is 2.28. The molecule has 2 aromatic rings. The van der Waals surface area contributed by atoms with Gasteiger partial charge in [-0.25, -0.2) is 0 Å². The fraction of sp³-hybridized carbons (Fsp3) is 0.143. The molecule has 0 N–H and O–H groups in total. The molecule has 0 aliphatic carbocycles. The molecule has 0 spiro atoms. The summed E-state index contributed by atoms with van der Waals surface area (Å²) in [6.07, 6.45) is 0. The molecule has 2 rings (SSSR count). The molecule has 0 unspecified atom stereocenters. The lowest BCUT2D eigenvalue weighted by molar-refractivity contribution is -0.384. The molecular formula is C14H12BrNO2.